The summed E-state index contributed by atoms with van der Waals surface area (Å²) in [6.45, 7) is 2.25. The van der Waals surface area contributed by atoms with Crippen LogP contribution in [0.1, 0.15) is 142 Å². The van der Waals surface area contributed by atoms with Crippen molar-refractivity contribution in [3.8, 4) is 0 Å². The maximum Gasteiger partial charge on any atom is 0.326 e. The van der Waals surface area contributed by atoms with Crippen LogP contribution in [0.2, 0.25) is 0 Å². The highest BCUT2D eigenvalue weighted by Gasteiger charge is 2.26. The number of carboxylic acid groups (broad SMARTS) is 3. The molecule has 3 atom stereocenters. The summed E-state index contributed by atoms with van der Waals surface area (Å²) in [6, 6.07) is -4.21. The number of aliphatic hydroxyl groups is 1. The van der Waals surface area contributed by atoms with E-state index < -0.39 is 79.1 Å². The molecule has 0 fully saturated rings. The fourth-order valence-electron chi connectivity index (χ4n) is 5.24. The number of carbonyl (C=O) groups is 8. The lowest BCUT2D eigenvalue weighted by atomic mass is 10.0. The first-order valence-corrected chi connectivity index (χ1v) is 18.6. The van der Waals surface area contributed by atoms with Crippen molar-refractivity contribution in [3.05, 3.63) is 0 Å². The van der Waals surface area contributed by atoms with Gasteiger partial charge in [-0.1, -0.05) is 90.9 Å². The van der Waals surface area contributed by atoms with Crippen molar-refractivity contribution in [1.29, 1.82) is 0 Å². The highest BCUT2D eigenvalue weighted by Crippen LogP contribution is 2.14. The van der Waals surface area contributed by atoms with Crippen LogP contribution in [0.15, 0.2) is 0 Å². The van der Waals surface area contributed by atoms with Crippen molar-refractivity contribution < 1.29 is 58.8 Å². The molecular formula is C36H62N4O12. The molecule has 0 heterocycles. The minimum atomic E-state index is -1.50. The Kier molecular flexibility index (Phi) is 27.2. The van der Waals surface area contributed by atoms with Crippen LogP contribution in [0.25, 0.3) is 0 Å². The quantitative estimate of drug-likeness (QED) is 0.0451. The van der Waals surface area contributed by atoms with Gasteiger partial charge in [-0.25, -0.2) is 9.59 Å². The van der Waals surface area contributed by atoms with Gasteiger partial charge in [0.15, 0.2) is 5.78 Å². The molecule has 52 heavy (non-hydrogen) atoms. The normalized spacial score (nSPS) is 12.7. The highest BCUT2D eigenvalue weighted by atomic mass is 16.4. The summed E-state index contributed by atoms with van der Waals surface area (Å²) in [5, 5.41) is 46.3. The van der Waals surface area contributed by atoms with Crippen LogP contribution in [0.4, 0.5) is 0 Å². The zero-order chi connectivity index (χ0) is 39.3. The van der Waals surface area contributed by atoms with Gasteiger partial charge in [0.05, 0.1) is 13.2 Å². The van der Waals surface area contributed by atoms with Crippen LogP contribution < -0.4 is 21.3 Å². The maximum atomic E-state index is 12.4. The van der Waals surface area contributed by atoms with Gasteiger partial charge in [-0.15, -0.1) is 0 Å². The predicted molar refractivity (Wildman–Crippen MR) is 191 cm³/mol. The van der Waals surface area contributed by atoms with Gasteiger partial charge in [-0.3, -0.25) is 28.8 Å². The monoisotopic (exact) mass is 742 g/mol. The van der Waals surface area contributed by atoms with E-state index in [1.54, 1.807) is 13.8 Å². The molecule has 8 N–H and O–H groups in total. The molecule has 0 spiro atoms. The summed E-state index contributed by atoms with van der Waals surface area (Å²) in [5.41, 5.74) is 0. The fraction of sp³-hybridized carbons (Fsp3) is 0.778. The van der Waals surface area contributed by atoms with Crippen LogP contribution in [0.3, 0.4) is 0 Å². The molecule has 16 heteroatoms. The Morgan fingerprint density at radius 2 is 0.827 bits per heavy atom. The molecule has 0 aromatic heterocycles. The van der Waals surface area contributed by atoms with E-state index in [-0.39, 0.29) is 43.9 Å². The van der Waals surface area contributed by atoms with Crippen molar-refractivity contribution in [2.24, 2.45) is 5.92 Å². The van der Waals surface area contributed by atoms with Crippen molar-refractivity contribution in [3.63, 3.8) is 0 Å². The lowest BCUT2D eigenvalue weighted by Gasteiger charge is -2.18. The van der Waals surface area contributed by atoms with Gasteiger partial charge in [-0.2, -0.15) is 0 Å². The third-order valence-electron chi connectivity index (χ3n) is 8.55. The van der Waals surface area contributed by atoms with Crippen molar-refractivity contribution in [2.45, 2.75) is 160 Å². The van der Waals surface area contributed by atoms with E-state index in [4.69, 9.17) is 5.11 Å². The Morgan fingerprint density at radius 1 is 0.481 bits per heavy atom. The molecule has 16 nitrogen and oxygen atoms in total. The number of carbonyl (C=O) groups excluding carboxylic acids is 5. The van der Waals surface area contributed by atoms with E-state index in [9.17, 15) is 53.7 Å². The molecule has 0 aliphatic carbocycles. The molecule has 0 bridgehead atoms. The molecule has 0 radical (unpaired) electrons. The van der Waals surface area contributed by atoms with Crippen LogP contribution in [-0.4, -0.2) is 99.0 Å². The maximum absolute atomic E-state index is 12.4. The molecule has 0 aromatic carbocycles. The number of aliphatic hydroxyl groups excluding tert-OH is 1. The topological polar surface area (TPSA) is 266 Å². The molecule has 0 saturated heterocycles. The Balaban J connectivity index is 4.29. The standard InChI is InChI=1S/C36H62N4O12/c1-25(2)29(42)23-37-34(48)28(24-41)40-32(45)22-20-27(36(51)52)39-31(44)21-19-26(35(49)50)38-30(43)17-15-13-11-9-7-5-3-4-6-8-10-12-14-16-18-33(46)47/h25-28,41H,3-24H2,1-2H3,(H,37,48)(H,38,43)(H,39,44)(H,40,45)(H,46,47)(H,49,50)(H,51,52)/t26-,27-,28-/m0/s1. The molecule has 0 unspecified atom stereocenters. The Morgan fingerprint density at radius 3 is 1.17 bits per heavy atom. The highest BCUT2D eigenvalue weighted by molar-refractivity contribution is 5.92. The van der Waals surface area contributed by atoms with Crippen molar-refractivity contribution in [1.82, 2.24) is 21.3 Å². The van der Waals surface area contributed by atoms with Crippen LogP contribution in [-0.2, 0) is 38.4 Å². The number of hydrogen-bond acceptors (Lipinski definition) is 9. The molecule has 4 amide bonds. The van der Waals surface area contributed by atoms with Crippen LogP contribution in [0, 0.1) is 5.92 Å². The van der Waals surface area contributed by atoms with Gasteiger partial charge < -0.3 is 41.7 Å². The van der Waals surface area contributed by atoms with E-state index >= 15 is 0 Å². The lowest BCUT2D eigenvalue weighted by molar-refractivity contribution is -0.143. The number of ketones is 1. The molecule has 298 valence electrons. The number of aliphatic carboxylic acids is 3. The second-order valence-corrected chi connectivity index (χ2v) is 13.5. The Hall–Kier alpha value is -4.08. The van der Waals surface area contributed by atoms with Crippen LogP contribution >= 0.6 is 0 Å². The van der Waals surface area contributed by atoms with Gasteiger partial charge in [0.1, 0.15) is 18.1 Å². The molecule has 0 rings (SSSR count). The van der Waals surface area contributed by atoms with Crippen LogP contribution in [0.5, 0.6) is 0 Å². The number of Topliss-reactive ketones (excluding diaryl/α,β-unsaturated/α-hetero) is 1. The molecule has 0 aliphatic rings. The second kappa shape index (κ2) is 29.5. The van der Waals surface area contributed by atoms with Gasteiger partial charge in [0.25, 0.3) is 0 Å². The summed E-state index contributed by atoms with van der Waals surface area (Å²) in [5.74, 6) is -6.90. The zero-order valence-corrected chi connectivity index (χ0v) is 30.9. The van der Waals surface area contributed by atoms with E-state index in [0.29, 0.717) is 6.42 Å². The predicted octanol–water partition coefficient (Wildman–Crippen LogP) is 2.83. The smallest absolute Gasteiger partial charge is 0.326 e. The molecule has 0 aliphatic heterocycles. The molecular weight excluding hydrogens is 680 g/mol. The average molecular weight is 743 g/mol. The largest absolute Gasteiger partial charge is 0.481 e. The first-order chi connectivity index (χ1) is 24.7. The first kappa shape index (κ1) is 47.9. The number of rotatable bonds is 33. The van der Waals surface area contributed by atoms with Gasteiger partial charge in [0, 0.05) is 31.6 Å². The zero-order valence-electron chi connectivity index (χ0n) is 30.9. The van der Waals surface area contributed by atoms with E-state index in [1.807, 2.05) is 0 Å². The minimum absolute atomic E-state index is 0.143. The third kappa shape index (κ3) is 25.8. The summed E-state index contributed by atoms with van der Waals surface area (Å²) in [4.78, 5) is 94.8. The Bertz CT molecular complexity index is 1130. The van der Waals surface area contributed by atoms with Gasteiger partial charge in [-0.05, 0) is 25.7 Å². The number of carboxylic acids is 3. The number of nitrogens with one attached hydrogen (secondary N) is 4. The third-order valence-corrected chi connectivity index (χ3v) is 8.55. The first-order valence-electron chi connectivity index (χ1n) is 18.6. The van der Waals surface area contributed by atoms with Crippen molar-refractivity contribution in [2.75, 3.05) is 13.2 Å². The summed E-state index contributed by atoms with van der Waals surface area (Å²) in [6.07, 6.45) is 13.4. The van der Waals surface area contributed by atoms with E-state index in [1.165, 1.54) is 25.7 Å². The minimum Gasteiger partial charge on any atom is -0.481 e. The van der Waals surface area contributed by atoms with Crippen molar-refractivity contribution >= 4 is 47.3 Å². The van der Waals surface area contributed by atoms with Gasteiger partial charge in [0.2, 0.25) is 23.6 Å². The average Bonchev–Trinajstić information content (AvgIpc) is 3.08. The van der Waals surface area contributed by atoms with Gasteiger partial charge >= 0.3 is 17.9 Å². The molecule has 0 aromatic rings. The SMILES string of the molecule is CC(C)C(=O)CNC(=O)[C@H](CO)NC(=O)CC[C@H](NC(=O)CC[C@H](NC(=O)CCCCCCCCCCCCCCCCC(=O)O)C(=O)O)C(=O)O. The molecule has 0 saturated carbocycles. The summed E-state index contributed by atoms with van der Waals surface area (Å²) in [7, 11) is 0. The number of unbranched alkanes of at least 4 members (excludes halogenated alkanes) is 13. The number of amides is 4. The summed E-state index contributed by atoms with van der Waals surface area (Å²) >= 11 is 0. The second-order valence-electron chi connectivity index (χ2n) is 13.5. The lowest BCUT2D eigenvalue weighted by Crippen LogP contribution is -2.50. The number of hydrogen-bond donors (Lipinski definition) is 8. The summed E-state index contributed by atoms with van der Waals surface area (Å²) < 4.78 is 0. The van der Waals surface area contributed by atoms with E-state index in [0.717, 1.165) is 57.8 Å². The van der Waals surface area contributed by atoms with E-state index in [2.05, 4.69) is 21.3 Å². The Labute approximate surface area is 306 Å². The fourth-order valence-corrected chi connectivity index (χ4v) is 5.24.